The predicted octanol–water partition coefficient (Wildman–Crippen LogP) is 4.36. The molecule has 2 rings (SSSR count). The van der Waals surface area contributed by atoms with Crippen molar-refractivity contribution in [3.8, 4) is 5.75 Å². The number of carbonyl (C=O) groups excluding carboxylic acids is 1. The van der Waals surface area contributed by atoms with Crippen molar-refractivity contribution < 1.29 is 9.53 Å². The third-order valence-electron chi connectivity index (χ3n) is 5.42. The van der Waals surface area contributed by atoms with Gasteiger partial charge in [0.1, 0.15) is 5.75 Å². The lowest BCUT2D eigenvalue weighted by Gasteiger charge is -2.35. The maximum absolute atomic E-state index is 12.7. The van der Waals surface area contributed by atoms with E-state index in [4.69, 9.17) is 4.74 Å². The van der Waals surface area contributed by atoms with Crippen molar-refractivity contribution in [3.05, 3.63) is 41.5 Å². The summed E-state index contributed by atoms with van der Waals surface area (Å²) in [6, 6.07) is 8.26. The second-order valence-electron chi connectivity index (χ2n) is 8.11. The molecule has 4 heteroatoms. The van der Waals surface area contributed by atoms with Crippen LogP contribution < -0.4 is 4.74 Å². The molecular formula is C23H36N2O2. The zero-order valence-electron chi connectivity index (χ0n) is 17.7. The van der Waals surface area contributed by atoms with Gasteiger partial charge >= 0.3 is 0 Å². The van der Waals surface area contributed by atoms with Gasteiger partial charge in [0.25, 0.3) is 0 Å². The molecule has 0 unspecified atom stereocenters. The Kier molecular flexibility index (Phi) is 8.36. The number of allylic oxidation sites excluding steroid dienone is 1. The summed E-state index contributed by atoms with van der Waals surface area (Å²) < 4.78 is 5.48. The highest BCUT2D eigenvalue weighted by molar-refractivity contribution is 5.92. The van der Waals surface area contributed by atoms with Crippen LogP contribution in [0.3, 0.4) is 0 Å². The monoisotopic (exact) mass is 372 g/mol. The Balaban J connectivity index is 1.90. The molecule has 1 heterocycles. The lowest BCUT2D eigenvalue weighted by molar-refractivity contribution is -0.128. The number of ether oxygens (including phenoxy) is 1. The first-order valence-corrected chi connectivity index (χ1v) is 10.2. The summed E-state index contributed by atoms with van der Waals surface area (Å²) in [7, 11) is 1.73. The topological polar surface area (TPSA) is 32.8 Å². The molecule has 1 fully saturated rings. The van der Waals surface area contributed by atoms with E-state index < -0.39 is 0 Å². The minimum atomic E-state index is 0.197. The highest BCUT2D eigenvalue weighted by Gasteiger charge is 2.25. The molecule has 1 amide bonds. The SMILES string of the molecule is CC=C(C)C(=O)N(CC(C)C)CC1CCN(Cc2ccccc2OC)CC1. The maximum atomic E-state index is 12.7. The lowest BCUT2D eigenvalue weighted by atomic mass is 9.95. The molecule has 0 bridgehead atoms. The van der Waals surface area contributed by atoms with Gasteiger partial charge in [-0.3, -0.25) is 9.69 Å². The van der Waals surface area contributed by atoms with Crippen LogP contribution in [0.4, 0.5) is 0 Å². The number of nitrogens with zero attached hydrogens (tertiary/aromatic N) is 2. The van der Waals surface area contributed by atoms with Gasteiger partial charge < -0.3 is 9.64 Å². The first-order chi connectivity index (χ1) is 12.9. The van der Waals surface area contributed by atoms with Gasteiger partial charge in [-0.25, -0.2) is 0 Å². The van der Waals surface area contributed by atoms with Crippen LogP contribution in [0.25, 0.3) is 0 Å². The summed E-state index contributed by atoms with van der Waals surface area (Å²) in [4.78, 5) is 17.3. The molecule has 27 heavy (non-hydrogen) atoms. The van der Waals surface area contributed by atoms with Crippen LogP contribution in [0.5, 0.6) is 5.75 Å². The number of hydrogen-bond acceptors (Lipinski definition) is 3. The lowest BCUT2D eigenvalue weighted by Crippen LogP contribution is -2.42. The molecule has 0 radical (unpaired) electrons. The van der Waals surface area contributed by atoms with E-state index >= 15 is 0 Å². The van der Waals surface area contributed by atoms with Crippen LogP contribution in [0.15, 0.2) is 35.9 Å². The fourth-order valence-electron chi connectivity index (χ4n) is 3.77. The van der Waals surface area contributed by atoms with E-state index in [2.05, 4.69) is 35.8 Å². The van der Waals surface area contributed by atoms with Gasteiger partial charge in [-0.05, 0) is 57.7 Å². The van der Waals surface area contributed by atoms with E-state index in [1.54, 1.807) is 7.11 Å². The number of benzene rings is 1. The summed E-state index contributed by atoms with van der Waals surface area (Å²) in [6.07, 6.45) is 4.21. The Morgan fingerprint density at radius 2 is 1.96 bits per heavy atom. The molecule has 1 aromatic carbocycles. The van der Waals surface area contributed by atoms with Crippen LogP contribution >= 0.6 is 0 Å². The van der Waals surface area contributed by atoms with Gasteiger partial charge in [-0.15, -0.1) is 0 Å². The van der Waals surface area contributed by atoms with E-state index in [1.165, 1.54) is 5.56 Å². The minimum absolute atomic E-state index is 0.197. The molecule has 0 atom stereocenters. The van der Waals surface area contributed by atoms with E-state index in [9.17, 15) is 4.79 Å². The van der Waals surface area contributed by atoms with Crippen molar-refractivity contribution in [3.63, 3.8) is 0 Å². The molecule has 4 nitrogen and oxygen atoms in total. The van der Waals surface area contributed by atoms with Gasteiger partial charge in [0, 0.05) is 30.8 Å². The highest BCUT2D eigenvalue weighted by atomic mass is 16.5. The molecule has 150 valence electrons. The highest BCUT2D eigenvalue weighted by Crippen LogP contribution is 2.24. The van der Waals surface area contributed by atoms with Crippen molar-refractivity contribution in [2.45, 2.75) is 47.1 Å². The maximum Gasteiger partial charge on any atom is 0.249 e. The van der Waals surface area contributed by atoms with Gasteiger partial charge in [0.15, 0.2) is 0 Å². The van der Waals surface area contributed by atoms with Gasteiger partial charge in [-0.1, -0.05) is 38.1 Å². The van der Waals surface area contributed by atoms with Crippen LogP contribution in [-0.4, -0.2) is 49.0 Å². The average Bonchev–Trinajstić information content (AvgIpc) is 2.67. The Morgan fingerprint density at radius 1 is 1.30 bits per heavy atom. The molecule has 1 saturated heterocycles. The van der Waals surface area contributed by atoms with E-state index in [0.717, 1.165) is 56.9 Å². The molecule has 0 saturated carbocycles. The number of amides is 1. The fourth-order valence-corrected chi connectivity index (χ4v) is 3.77. The first kappa shape index (κ1) is 21.5. The second kappa shape index (κ2) is 10.5. The van der Waals surface area contributed by atoms with Crippen LogP contribution in [0, 0.1) is 11.8 Å². The predicted molar refractivity (Wildman–Crippen MR) is 112 cm³/mol. The second-order valence-corrected chi connectivity index (χ2v) is 8.11. The quantitative estimate of drug-likeness (QED) is 0.636. The number of piperidine rings is 1. The largest absolute Gasteiger partial charge is 0.496 e. The zero-order valence-corrected chi connectivity index (χ0v) is 17.7. The number of methoxy groups -OCH3 is 1. The fraction of sp³-hybridized carbons (Fsp3) is 0.609. The van der Waals surface area contributed by atoms with E-state index in [1.807, 2.05) is 32.1 Å². The Labute approximate surface area is 165 Å². The molecule has 1 aliphatic rings. The van der Waals surface area contributed by atoms with E-state index in [-0.39, 0.29) is 5.91 Å². The summed E-state index contributed by atoms with van der Waals surface area (Å²) in [6.45, 7) is 13.0. The van der Waals surface area contributed by atoms with Crippen LogP contribution in [0.2, 0.25) is 0 Å². The van der Waals surface area contributed by atoms with Gasteiger partial charge in [0.2, 0.25) is 5.91 Å². The van der Waals surface area contributed by atoms with Gasteiger partial charge in [-0.2, -0.15) is 0 Å². The zero-order chi connectivity index (χ0) is 19.8. The summed E-state index contributed by atoms with van der Waals surface area (Å²) in [5, 5.41) is 0. The standard InChI is InChI=1S/C23H36N2O2/c1-6-19(4)23(26)25(15-18(2)3)16-20-11-13-24(14-12-20)17-21-9-7-8-10-22(21)27-5/h6-10,18,20H,11-17H2,1-5H3. The molecule has 0 aliphatic carbocycles. The summed E-state index contributed by atoms with van der Waals surface area (Å²) >= 11 is 0. The summed E-state index contributed by atoms with van der Waals surface area (Å²) in [5.41, 5.74) is 2.10. The smallest absolute Gasteiger partial charge is 0.249 e. The van der Waals surface area contributed by atoms with Gasteiger partial charge in [0.05, 0.1) is 7.11 Å². The Morgan fingerprint density at radius 3 is 2.56 bits per heavy atom. The third-order valence-corrected chi connectivity index (χ3v) is 5.42. The molecular weight excluding hydrogens is 336 g/mol. The number of hydrogen-bond donors (Lipinski definition) is 0. The number of para-hydroxylation sites is 1. The van der Waals surface area contributed by atoms with Crippen molar-refractivity contribution in [1.29, 1.82) is 0 Å². The molecule has 0 spiro atoms. The number of rotatable bonds is 8. The van der Waals surface area contributed by atoms with Crippen molar-refractivity contribution in [2.24, 2.45) is 11.8 Å². The van der Waals surface area contributed by atoms with Crippen molar-refractivity contribution in [1.82, 2.24) is 9.80 Å². The summed E-state index contributed by atoms with van der Waals surface area (Å²) in [5.74, 6) is 2.24. The molecule has 1 aromatic rings. The molecule has 1 aliphatic heterocycles. The number of carbonyl (C=O) groups is 1. The molecule has 0 aromatic heterocycles. The Hall–Kier alpha value is -1.81. The van der Waals surface area contributed by atoms with Crippen LogP contribution in [0.1, 0.15) is 46.1 Å². The third kappa shape index (κ3) is 6.39. The average molecular weight is 373 g/mol. The van der Waals surface area contributed by atoms with E-state index in [0.29, 0.717) is 11.8 Å². The number of likely N-dealkylation sites (tertiary alicyclic amines) is 1. The Bertz CT molecular complexity index is 631. The normalized spacial score (nSPS) is 16.6. The van der Waals surface area contributed by atoms with Crippen LogP contribution in [-0.2, 0) is 11.3 Å². The van der Waals surface area contributed by atoms with Crippen molar-refractivity contribution >= 4 is 5.91 Å². The molecule has 0 N–H and O–H groups in total. The van der Waals surface area contributed by atoms with Crippen molar-refractivity contribution in [2.75, 3.05) is 33.3 Å². The minimum Gasteiger partial charge on any atom is -0.496 e. The first-order valence-electron chi connectivity index (χ1n) is 10.2.